The van der Waals surface area contributed by atoms with Gasteiger partial charge in [0.05, 0.1) is 17.0 Å². The van der Waals surface area contributed by atoms with Gasteiger partial charge in [-0.1, -0.05) is 19.3 Å². The van der Waals surface area contributed by atoms with Crippen molar-refractivity contribution < 1.29 is 11.9 Å². The zero-order valence-corrected chi connectivity index (χ0v) is 39.2. The molecule has 56 heavy (non-hydrogen) atoms. The standard InChI is InChI=1S/C25H26N2.C18H33P.C7H6.2ClH.Ru/c1-16-11-18(3)24(19(4)12-16)26-15-27(23-10-8-7-9-22(23)26)25-20(5)13-17(2)14-21(25)6;1-4-10-16(11-5-1)19(17-12-6-2-7-13-17)18-14-8-3-9-15-18;1-7-5-3-2-4-6-7;;;/h7-14H,1-6H3;16-18H,1-15H2;1-6H;2*1H;/q;;;;;+2/p-1. The summed E-state index contributed by atoms with van der Waals surface area (Å²) in [5, 5.41) is 0. The normalized spacial score (nSPS) is 17.9. The van der Waals surface area contributed by atoms with Gasteiger partial charge in [0.2, 0.25) is 0 Å². The molecule has 0 radical (unpaired) electrons. The number of fused-ring (bicyclic) bond motifs is 1. The molecule has 0 aliphatic heterocycles. The van der Waals surface area contributed by atoms with Crippen LogP contribution in [-0.2, 0) is 11.9 Å². The molecule has 3 aliphatic rings. The molecule has 8 rings (SSSR count). The summed E-state index contributed by atoms with van der Waals surface area (Å²) < 4.78 is 7.74. The van der Waals surface area contributed by atoms with Gasteiger partial charge in [0.15, 0.2) is 0 Å². The summed E-state index contributed by atoms with van der Waals surface area (Å²) in [5.74, 6) is 0. The topological polar surface area (TPSA) is 9.86 Å². The van der Waals surface area contributed by atoms with E-state index < -0.39 is 11.9 Å². The van der Waals surface area contributed by atoms with E-state index in [4.69, 9.17) is 19.4 Å². The molecule has 0 N–H and O–H groups in total. The first-order valence-electron chi connectivity index (χ1n) is 21.6. The number of aromatic nitrogens is 2. The summed E-state index contributed by atoms with van der Waals surface area (Å²) >= 11 is -3.66. The van der Waals surface area contributed by atoms with E-state index in [-0.39, 0.29) is 7.92 Å². The Hall–Kier alpha value is -2.15. The summed E-state index contributed by atoms with van der Waals surface area (Å²) in [6.45, 7) is 13.0. The number of imidazole rings is 1. The average molecular weight is 898 g/mol. The molecule has 0 saturated heterocycles. The minimum absolute atomic E-state index is 0.0465. The number of hydrogen-bond acceptors (Lipinski definition) is 0. The van der Waals surface area contributed by atoms with E-state index >= 15 is 0 Å². The van der Waals surface area contributed by atoms with Gasteiger partial charge in [-0.05, 0) is 77.0 Å². The summed E-state index contributed by atoms with van der Waals surface area (Å²) in [6, 6.07) is 27.7. The predicted molar refractivity (Wildman–Crippen MR) is 247 cm³/mol. The number of benzene rings is 4. The minimum atomic E-state index is -3.66. The second-order valence-electron chi connectivity index (χ2n) is 17.4. The van der Waals surface area contributed by atoms with Gasteiger partial charge >= 0.3 is 231 Å². The van der Waals surface area contributed by atoms with Gasteiger partial charge in [0.25, 0.3) is 0 Å². The summed E-state index contributed by atoms with van der Waals surface area (Å²) in [6.07, 6.45) is 23.8. The Balaban J connectivity index is 0.000000211. The molecule has 5 aromatic rings. The van der Waals surface area contributed by atoms with Gasteiger partial charge in [-0.3, -0.25) is 0 Å². The van der Waals surface area contributed by atoms with Crippen molar-refractivity contribution >= 4 is 42.9 Å². The Kier molecular flexibility index (Phi) is 14.1. The van der Waals surface area contributed by atoms with Crippen molar-refractivity contribution in [1.29, 1.82) is 0 Å². The fourth-order valence-electron chi connectivity index (χ4n) is 10.8. The van der Waals surface area contributed by atoms with Crippen LogP contribution in [0, 0.1) is 45.6 Å². The second-order valence-corrected chi connectivity index (χ2v) is 30.1. The Labute approximate surface area is 349 Å². The van der Waals surface area contributed by atoms with Crippen molar-refractivity contribution in [2.45, 2.75) is 155 Å². The number of rotatable bonds is 6. The molecular weight excluding hydrogens is 832 g/mol. The molecule has 1 aromatic heterocycles. The molecule has 0 unspecified atom stereocenters. The van der Waals surface area contributed by atoms with Crippen LogP contribution in [0.4, 0.5) is 0 Å². The molecule has 2 nitrogen and oxygen atoms in total. The number of nitrogens with zero attached hydrogens (tertiary/aromatic N) is 2. The Bertz CT molecular complexity index is 2100. The molecule has 0 bridgehead atoms. The molecular formula is C50H66Cl2N2PRu+. The van der Waals surface area contributed by atoms with E-state index in [9.17, 15) is 0 Å². The van der Waals surface area contributed by atoms with Crippen molar-refractivity contribution in [1.82, 2.24) is 9.13 Å². The quantitative estimate of drug-likeness (QED) is 0.119. The molecule has 4 aromatic carbocycles. The monoisotopic (exact) mass is 897 g/mol. The van der Waals surface area contributed by atoms with Gasteiger partial charge in [0.1, 0.15) is 0 Å². The Morgan fingerprint density at radius 1 is 0.500 bits per heavy atom. The summed E-state index contributed by atoms with van der Waals surface area (Å²) in [5.41, 5.74) is 16.5. The molecule has 0 atom stereocenters. The first-order valence-corrected chi connectivity index (χ1v) is 29.7. The van der Waals surface area contributed by atoms with Crippen molar-refractivity contribution in [2.24, 2.45) is 0 Å². The van der Waals surface area contributed by atoms with E-state index in [1.54, 1.807) is 96.3 Å². The third-order valence-electron chi connectivity index (χ3n) is 12.9. The van der Waals surface area contributed by atoms with E-state index in [1.165, 1.54) is 50.4 Å². The fourth-order valence-corrected chi connectivity index (χ4v) is 21.7. The van der Waals surface area contributed by atoms with Crippen LogP contribution < -0.4 is 0 Å². The third-order valence-corrected chi connectivity index (χ3v) is 22.8. The van der Waals surface area contributed by atoms with Crippen LogP contribution in [0.5, 0.6) is 0 Å². The number of hydrogen-bond donors (Lipinski definition) is 0. The zero-order valence-electron chi connectivity index (χ0n) is 34.9. The molecule has 0 amide bonds. The first-order chi connectivity index (χ1) is 27.0. The summed E-state index contributed by atoms with van der Waals surface area (Å²) in [7, 11) is 15.1. The van der Waals surface area contributed by atoms with Gasteiger partial charge < -0.3 is 0 Å². The average Bonchev–Trinajstić information content (AvgIpc) is 3.51. The van der Waals surface area contributed by atoms with Gasteiger partial charge in [-0.2, -0.15) is 0 Å². The fraction of sp³-hybridized carbons (Fsp3) is 0.480. The van der Waals surface area contributed by atoms with Crippen molar-refractivity contribution in [2.75, 3.05) is 0 Å². The summed E-state index contributed by atoms with van der Waals surface area (Å²) in [4.78, 5) is 0. The molecule has 1 heterocycles. The van der Waals surface area contributed by atoms with E-state index in [0.717, 1.165) is 32.0 Å². The van der Waals surface area contributed by atoms with Gasteiger partial charge in [-0.25, -0.2) is 0 Å². The van der Waals surface area contributed by atoms with E-state index in [0.29, 0.717) is 0 Å². The van der Waals surface area contributed by atoms with Gasteiger partial charge in [0, 0.05) is 7.92 Å². The van der Waals surface area contributed by atoms with Crippen molar-refractivity contribution in [3.8, 4) is 11.4 Å². The molecule has 6 heteroatoms. The first kappa shape index (κ1) is 42.0. The number of para-hydroxylation sites is 2. The molecule has 302 valence electrons. The Morgan fingerprint density at radius 2 is 0.839 bits per heavy atom. The van der Waals surface area contributed by atoms with E-state index in [1.807, 2.05) is 18.2 Å². The molecule has 3 fully saturated rings. The SMILES string of the molecule is C1CCC([PH+](C2CCCCC2)C2CCCCC2)CC1.Cc1cc(C)c(-n2[c](=[Ru]([Cl])([Cl])=[CH]c3ccccc3)n(-c3c(C)cc(C)cc3C)c3ccccc32)c(C)c1. The molecule has 3 saturated carbocycles. The maximum atomic E-state index is 7.59. The number of aryl methyl sites for hydroxylation is 6. The van der Waals surface area contributed by atoms with Crippen LogP contribution in [0.3, 0.4) is 0 Å². The van der Waals surface area contributed by atoms with Crippen LogP contribution >= 0.6 is 27.3 Å². The number of halogens is 2. The van der Waals surface area contributed by atoms with Gasteiger partial charge in [-0.15, -0.1) is 0 Å². The van der Waals surface area contributed by atoms with Crippen molar-refractivity contribution in [3.63, 3.8) is 0 Å². The van der Waals surface area contributed by atoms with Crippen LogP contribution in [0.1, 0.15) is 135 Å². The zero-order chi connectivity index (χ0) is 39.4. The predicted octanol–water partition coefficient (Wildman–Crippen LogP) is 15.3. The molecule has 3 aliphatic carbocycles. The van der Waals surface area contributed by atoms with Crippen molar-refractivity contribution in [3.05, 3.63) is 122 Å². The van der Waals surface area contributed by atoms with E-state index in [2.05, 4.69) is 116 Å². The van der Waals surface area contributed by atoms with Crippen LogP contribution in [0.15, 0.2) is 78.9 Å². The van der Waals surface area contributed by atoms with Crippen LogP contribution in [0.2, 0.25) is 0 Å². The second kappa shape index (κ2) is 18.8. The van der Waals surface area contributed by atoms with Crippen LogP contribution in [-0.4, -0.2) is 30.7 Å². The maximum absolute atomic E-state index is 7.59. The van der Waals surface area contributed by atoms with Crippen LogP contribution in [0.25, 0.3) is 22.4 Å². The third kappa shape index (κ3) is 9.34. The molecule has 0 spiro atoms. The Morgan fingerprint density at radius 3 is 1.20 bits per heavy atom.